The molecule has 4 rings (SSSR count). The smallest absolute Gasteiger partial charge is 0.263 e. The number of rotatable bonds is 2. The van der Waals surface area contributed by atoms with Gasteiger partial charge in [0.2, 0.25) is 0 Å². The van der Waals surface area contributed by atoms with Gasteiger partial charge in [-0.15, -0.1) is 11.3 Å². The Kier molecular flexibility index (Phi) is 3.47. The van der Waals surface area contributed by atoms with E-state index in [1.165, 1.54) is 23.5 Å². The van der Waals surface area contributed by atoms with Gasteiger partial charge in [0.05, 0.1) is 4.88 Å². The third-order valence-corrected chi connectivity index (χ3v) is 5.74. The molecule has 3 nitrogen and oxygen atoms in total. The Bertz CT molecular complexity index is 685. The molecule has 1 amide bonds. The molecule has 2 saturated heterocycles. The molecule has 0 radical (unpaired) electrons. The number of amides is 1. The van der Waals surface area contributed by atoms with Gasteiger partial charge >= 0.3 is 0 Å². The van der Waals surface area contributed by atoms with Gasteiger partial charge in [0, 0.05) is 31.1 Å². The normalized spacial score (nSPS) is 23.8. The van der Waals surface area contributed by atoms with Crippen LogP contribution in [0.1, 0.15) is 9.67 Å². The maximum absolute atomic E-state index is 13.0. The highest BCUT2D eigenvalue weighted by Crippen LogP contribution is 2.32. The fourth-order valence-electron chi connectivity index (χ4n) is 3.40. The fraction of sp³-hybridized carbons (Fsp3) is 0.353. The van der Waals surface area contributed by atoms with Gasteiger partial charge in [0.25, 0.3) is 5.91 Å². The largest absolute Gasteiger partial charge is 0.337 e. The molecule has 0 saturated carbocycles. The van der Waals surface area contributed by atoms with Gasteiger partial charge in [0.1, 0.15) is 5.82 Å². The van der Waals surface area contributed by atoms with Crippen LogP contribution in [0.3, 0.4) is 0 Å². The number of nitrogens with zero attached hydrogens (tertiary/aromatic N) is 1. The third kappa shape index (κ3) is 2.44. The lowest BCUT2D eigenvalue weighted by Crippen LogP contribution is -2.31. The minimum absolute atomic E-state index is 0.132. The van der Waals surface area contributed by atoms with Crippen molar-refractivity contribution < 1.29 is 9.18 Å². The summed E-state index contributed by atoms with van der Waals surface area (Å²) in [5.41, 5.74) is 0.952. The first-order valence-corrected chi connectivity index (χ1v) is 8.38. The summed E-state index contributed by atoms with van der Waals surface area (Å²) >= 11 is 1.49. The lowest BCUT2D eigenvalue weighted by Gasteiger charge is -2.16. The molecule has 0 bridgehead atoms. The third-order valence-electron chi connectivity index (χ3n) is 4.62. The highest BCUT2D eigenvalue weighted by molar-refractivity contribution is 7.17. The second kappa shape index (κ2) is 5.48. The number of likely N-dealkylation sites (tertiary alicyclic amines) is 1. The zero-order valence-corrected chi connectivity index (χ0v) is 12.9. The zero-order valence-electron chi connectivity index (χ0n) is 12.1. The molecule has 22 heavy (non-hydrogen) atoms. The second-order valence-electron chi connectivity index (χ2n) is 6.06. The number of hydrogen-bond acceptors (Lipinski definition) is 3. The van der Waals surface area contributed by atoms with Crippen LogP contribution in [0, 0.1) is 17.7 Å². The molecule has 2 atom stereocenters. The number of nitrogens with one attached hydrogen (secondary N) is 1. The van der Waals surface area contributed by atoms with Crippen LogP contribution in [0.25, 0.3) is 10.4 Å². The van der Waals surface area contributed by atoms with Crippen LogP contribution in [0.4, 0.5) is 4.39 Å². The topological polar surface area (TPSA) is 32.3 Å². The number of thiophene rings is 1. The van der Waals surface area contributed by atoms with Crippen LogP contribution in [-0.4, -0.2) is 37.0 Å². The van der Waals surface area contributed by atoms with Crippen LogP contribution < -0.4 is 5.32 Å². The molecule has 2 aromatic rings. The Morgan fingerprint density at radius 1 is 1.09 bits per heavy atom. The van der Waals surface area contributed by atoms with Gasteiger partial charge in [0.15, 0.2) is 0 Å². The SMILES string of the molecule is O=C(c1ccc(-c2ccc(F)cc2)s1)N1C[C@H]2CNC[C@H]2C1. The summed E-state index contributed by atoms with van der Waals surface area (Å²) in [7, 11) is 0. The van der Waals surface area contributed by atoms with E-state index < -0.39 is 0 Å². The van der Waals surface area contributed by atoms with E-state index in [9.17, 15) is 9.18 Å². The molecule has 2 aliphatic rings. The first kappa shape index (κ1) is 13.9. The maximum Gasteiger partial charge on any atom is 0.263 e. The van der Waals surface area contributed by atoms with Gasteiger partial charge in [-0.25, -0.2) is 4.39 Å². The fourth-order valence-corrected chi connectivity index (χ4v) is 4.38. The number of carbonyl (C=O) groups excluding carboxylic acids is 1. The summed E-state index contributed by atoms with van der Waals surface area (Å²) in [4.78, 5) is 16.4. The summed E-state index contributed by atoms with van der Waals surface area (Å²) in [6.07, 6.45) is 0. The van der Waals surface area contributed by atoms with E-state index in [1.807, 2.05) is 17.0 Å². The minimum Gasteiger partial charge on any atom is -0.337 e. The van der Waals surface area contributed by atoms with E-state index in [1.54, 1.807) is 12.1 Å². The Hall–Kier alpha value is -1.72. The van der Waals surface area contributed by atoms with Crippen molar-refractivity contribution in [3.63, 3.8) is 0 Å². The molecule has 114 valence electrons. The highest BCUT2D eigenvalue weighted by Gasteiger charge is 2.38. The summed E-state index contributed by atoms with van der Waals surface area (Å²) < 4.78 is 13.0. The molecule has 2 fully saturated rings. The van der Waals surface area contributed by atoms with Crippen molar-refractivity contribution in [2.24, 2.45) is 11.8 Å². The quantitative estimate of drug-likeness (QED) is 0.924. The van der Waals surface area contributed by atoms with Gasteiger partial charge in [-0.3, -0.25) is 4.79 Å². The van der Waals surface area contributed by atoms with Gasteiger partial charge in [-0.1, -0.05) is 12.1 Å². The van der Waals surface area contributed by atoms with Crippen molar-refractivity contribution >= 4 is 17.2 Å². The summed E-state index contributed by atoms with van der Waals surface area (Å²) in [5, 5.41) is 3.39. The molecule has 0 unspecified atom stereocenters. The summed E-state index contributed by atoms with van der Waals surface area (Å²) in [5.74, 6) is 1.11. The minimum atomic E-state index is -0.242. The van der Waals surface area contributed by atoms with Crippen molar-refractivity contribution in [3.8, 4) is 10.4 Å². The predicted molar refractivity (Wildman–Crippen MR) is 85.5 cm³/mol. The van der Waals surface area contributed by atoms with Gasteiger partial charge in [-0.2, -0.15) is 0 Å². The monoisotopic (exact) mass is 316 g/mol. The highest BCUT2D eigenvalue weighted by atomic mass is 32.1. The van der Waals surface area contributed by atoms with Crippen molar-refractivity contribution in [1.29, 1.82) is 0 Å². The molecular formula is C17H17FN2OS. The number of benzene rings is 1. The Balaban J connectivity index is 1.51. The lowest BCUT2D eigenvalue weighted by atomic mass is 10.0. The number of fused-ring (bicyclic) bond motifs is 1. The molecule has 1 aromatic carbocycles. The molecule has 3 heterocycles. The Morgan fingerprint density at radius 2 is 1.77 bits per heavy atom. The first-order chi connectivity index (χ1) is 10.7. The molecule has 0 aliphatic carbocycles. The summed E-state index contributed by atoms with van der Waals surface area (Å²) in [6.45, 7) is 3.78. The van der Waals surface area contributed by atoms with Crippen molar-refractivity contribution in [2.75, 3.05) is 26.2 Å². The average Bonchev–Trinajstić information content (AvgIpc) is 3.22. The molecule has 1 N–H and O–H groups in total. The molecule has 5 heteroatoms. The average molecular weight is 316 g/mol. The van der Waals surface area contributed by atoms with E-state index in [0.717, 1.165) is 41.5 Å². The maximum atomic E-state index is 13.0. The molecule has 0 spiro atoms. The van der Waals surface area contributed by atoms with E-state index in [4.69, 9.17) is 0 Å². The van der Waals surface area contributed by atoms with Crippen LogP contribution in [0.2, 0.25) is 0 Å². The molecule has 1 aromatic heterocycles. The van der Waals surface area contributed by atoms with E-state index in [2.05, 4.69) is 5.32 Å². The molecular weight excluding hydrogens is 299 g/mol. The number of hydrogen-bond donors (Lipinski definition) is 1. The standard InChI is InChI=1S/C17H17FN2OS/c18-14-3-1-11(2-4-14)15-5-6-16(22-15)17(21)20-9-12-7-19-8-13(12)10-20/h1-6,12-13,19H,7-10H2/t12-,13+. The van der Waals surface area contributed by atoms with E-state index >= 15 is 0 Å². The van der Waals surface area contributed by atoms with Crippen molar-refractivity contribution in [2.45, 2.75) is 0 Å². The van der Waals surface area contributed by atoms with Gasteiger partial charge in [-0.05, 0) is 41.7 Å². The second-order valence-corrected chi connectivity index (χ2v) is 7.14. The van der Waals surface area contributed by atoms with E-state index in [-0.39, 0.29) is 11.7 Å². The number of carbonyl (C=O) groups is 1. The zero-order chi connectivity index (χ0) is 15.1. The lowest BCUT2D eigenvalue weighted by molar-refractivity contribution is 0.0786. The van der Waals surface area contributed by atoms with Crippen LogP contribution in [-0.2, 0) is 0 Å². The summed E-state index contributed by atoms with van der Waals surface area (Å²) in [6, 6.07) is 10.2. The first-order valence-electron chi connectivity index (χ1n) is 7.56. The molecule has 2 aliphatic heterocycles. The van der Waals surface area contributed by atoms with Crippen molar-refractivity contribution in [3.05, 3.63) is 47.1 Å². The predicted octanol–water partition coefficient (Wildman–Crippen LogP) is 2.85. The van der Waals surface area contributed by atoms with E-state index in [0.29, 0.717) is 11.8 Å². The number of halogens is 1. The van der Waals surface area contributed by atoms with Gasteiger partial charge < -0.3 is 10.2 Å². The van der Waals surface area contributed by atoms with Crippen LogP contribution in [0.5, 0.6) is 0 Å². The van der Waals surface area contributed by atoms with Crippen LogP contribution in [0.15, 0.2) is 36.4 Å². The van der Waals surface area contributed by atoms with Crippen LogP contribution >= 0.6 is 11.3 Å². The Labute approximate surface area is 132 Å². The van der Waals surface area contributed by atoms with Crippen molar-refractivity contribution in [1.82, 2.24) is 10.2 Å². The Morgan fingerprint density at radius 3 is 2.45 bits per heavy atom.